The van der Waals surface area contributed by atoms with Gasteiger partial charge in [-0.25, -0.2) is 0 Å². The summed E-state index contributed by atoms with van der Waals surface area (Å²) in [7, 11) is 2.00. The van der Waals surface area contributed by atoms with E-state index in [1.54, 1.807) is 6.92 Å². The third kappa shape index (κ3) is 3.26. The van der Waals surface area contributed by atoms with E-state index >= 15 is 0 Å². The van der Waals surface area contributed by atoms with Gasteiger partial charge in [0.25, 0.3) is 0 Å². The van der Waals surface area contributed by atoms with Crippen molar-refractivity contribution < 1.29 is 9.90 Å². The molecule has 0 fully saturated rings. The molecule has 0 aliphatic heterocycles. The second-order valence-electron chi connectivity index (χ2n) is 4.24. The van der Waals surface area contributed by atoms with Crippen LogP contribution >= 0.6 is 0 Å². The van der Waals surface area contributed by atoms with Gasteiger partial charge in [0.15, 0.2) is 0 Å². The zero-order valence-electron chi connectivity index (χ0n) is 10.1. The van der Waals surface area contributed by atoms with Crippen molar-refractivity contribution in [3.63, 3.8) is 0 Å². The summed E-state index contributed by atoms with van der Waals surface area (Å²) in [6.07, 6.45) is 0.667. The number of rotatable bonds is 5. The van der Waals surface area contributed by atoms with E-state index in [0.717, 1.165) is 6.54 Å². The van der Waals surface area contributed by atoms with Crippen LogP contribution in [-0.4, -0.2) is 24.7 Å². The second-order valence-corrected chi connectivity index (χ2v) is 4.24. The number of benzene rings is 1. The molecule has 0 saturated carbocycles. The molecule has 1 unspecified atom stereocenters. The van der Waals surface area contributed by atoms with Crippen molar-refractivity contribution in [1.29, 1.82) is 0 Å². The van der Waals surface area contributed by atoms with Crippen molar-refractivity contribution in [3.8, 4) is 0 Å². The molecule has 0 amide bonds. The zero-order chi connectivity index (χ0) is 12.1. The third-order valence-corrected chi connectivity index (χ3v) is 2.85. The number of carboxylic acids is 1. The molecule has 1 aromatic rings. The van der Waals surface area contributed by atoms with Gasteiger partial charge in [-0.1, -0.05) is 25.1 Å². The summed E-state index contributed by atoms with van der Waals surface area (Å²) < 4.78 is 0. The molecule has 1 aromatic carbocycles. The van der Waals surface area contributed by atoms with Crippen LogP contribution in [-0.2, 0) is 4.79 Å². The van der Waals surface area contributed by atoms with E-state index in [1.807, 2.05) is 19.2 Å². The molecule has 0 heterocycles. The monoisotopic (exact) mass is 221 g/mol. The molecule has 0 bridgehead atoms. The Hall–Kier alpha value is -1.51. The minimum absolute atomic E-state index is 0.286. The van der Waals surface area contributed by atoms with Crippen molar-refractivity contribution in [1.82, 2.24) is 0 Å². The Kier molecular flexibility index (Phi) is 4.35. The van der Waals surface area contributed by atoms with E-state index in [-0.39, 0.29) is 5.92 Å². The van der Waals surface area contributed by atoms with Crippen molar-refractivity contribution >= 4 is 11.7 Å². The van der Waals surface area contributed by atoms with Gasteiger partial charge in [0, 0.05) is 19.3 Å². The SMILES string of the molecule is Cc1ccccc1N(C)CCC(C)C(=O)O. The van der Waals surface area contributed by atoms with Crippen LogP contribution in [0, 0.1) is 12.8 Å². The lowest BCUT2D eigenvalue weighted by Gasteiger charge is -2.22. The fraction of sp³-hybridized carbons (Fsp3) is 0.462. The first-order valence-electron chi connectivity index (χ1n) is 5.52. The quantitative estimate of drug-likeness (QED) is 0.830. The van der Waals surface area contributed by atoms with E-state index in [9.17, 15) is 4.79 Å². The molecule has 0 aliphatic carbocycles. The van der Waals surface area contributed by atoms with Crippen molar-refractivity contribution in [3.05, 3.63) is 29.8 Å². The Labute approximate surface area is 96.7 Å². The van der Waals surface area contributed by atoms with Crippen LogP contribution in [0.3, 0.4) is 0 Å². The lowest BCUT2D eigenvalue weighted by atomic mass is 10.1. The maximum atomic E-state index is 10.7. The summed E-state index contributed by atoms with van der Waals surface area (Å²) in [6, 6.07) is 8.12. The lowest BCUT2D eigenvalue weighted by Crippen LogP contribution is -2.23. The van der Waals surface area contributed by atoms with Crippen molar-refractivity contribution in [2.24, 2.45) is 5.92 Å². The van der Waals surface area contributed by atoms with E-state index in [4.69, 9.17) is 5.11 Å². The second kappa shape index (κ2) is 5.54. The molecule has 0 aromatic heterocycles. The summed E-state index contributed by atoms with van der Waals surface area (Å²) in [4.78, 5) is 12.8. The minimum atomic E-state index is -0.724. The van der Waals surface area contributed by atoms with Crippen LogP contribution in [0.5, 0.6) is 0 Å². The van der Waals surface area contributed by atoms with Crippen LogP contribution in [0.2, 0.25) is 0 Å². The van der Waals surface area contributed by atoms with E-state index in [0.29, 0.717) is 6.42 Å². The van der Waals surface area contributed by atoms with Gasteiger partial charge in [-0.3, -0.25) is 4.79 Å². The Morgan fingerprint density at radius 2 is 2.06 bits per heavy atom. The lowest BCUT2D eigenvalue weighted by molar-refractivity contribution is -0.141. The van der Waals surface area contributed by atoms with Crippen molar-refractivity contribution in [2.75, 3.05) is 18.5 Å². The average Bonchev–Trinajstić information content (AvgIpc) is 2.25. The molecule has 1 atom stereocenters. The highest BCUT2D eigenvalue weighted by molar-refractivity contribution is 5.69. The van der Waals surface area contributed by atoms with Gasteiger partial charge in [-0.2, -0.15) is 0 Å². The van der Waals surface area contributed by atoms with Crippen LogP contribution in [0.15, 0.2) is 24.3 Å². The van der Waals surface area contributed by atoms with E-state index < -0.39 is 5.97 Å². The molecule has 0 saturated heterocycles. The molecule has 3 heteroatoms. The standard InChI is InChI=1S/C13H19NO2/c1-10-6-4-5-7-12(10)14(3)9-8-11(2)13(15)16/h4-7,11H,8-9H2,1-3H3,(H,15,16). The molecule has 3 nitrogen and oxygen atoms in total. The first-order valence-corrected chi connectivity index (χ1v) is 5.52. The highest BCUT2D eigenvalue weighted by Crippen LogP contribution is 2.18. The van der Waals surface area contributed by atoms with Crippen LogP contribution in [0.4, 0.5) is 5.69 Å². The Bertz CT molecular complexity index is 363. The number of aryl methyl sites for hydroxylation is 1. The number of para-hydroxylation sites is 1. The molecule has 16 heavy (non-hydrogen) atoms. The van der Waals surface area contributed by atoms with Gasteiger partial charge in [0.1, 0.15) is 0 Å². The predicted molar refractivity (Wildman–Crippen MR) is 65.9 cm³/mol. The topological polar surface area (TPSA) is 40.5 Å². The Morgan fingerprint density at radius 1 is 1.44 bits per heavy atom. The van der Waals surface area contributed by atoms with Crippen LogP contribution < -0.4 is 4.90 Å². The van der Waals surface area contributed by atoms with Gasteiger partial charge in [0.2, 0.25) is 0 Å². The number of hydrogen-bond acceptors (Lipinski definition) is 2. The predicted octanol–water partition coefficient (Wildman–Crippen LogP) is 2.54. The van der Waals surface area contributed by atoms with Crippen molar-refractivity contribution in [2.45, 2.75) is 20.3 Å². The first kappa shape index (κ1) is 12.6. The zero-order valence-corrected chi connectivity index (χ0v) is 10.1. The van der Waals surface area contributed by atoms with Crippen LogP contribution in [0.1, 0.15) is 18.9 Å². The summed E-state index contributed by atoms with van der Waals surface area (Å²) >= 11 is 0. The number of carboxylic acid groups (broad SMARTS) is 1. The van der Waals surface area contributed by atoms with Gasteiger partial charge in [-0.15, -0.1) is 0 Å². The van der Waals surface area contributed by atoms with E-state index in [2.05, 4.69) is 24.0 Å². The third-order valence-electron chi connectivity index (χ3n) is 2.85. The fourth-order valence-corrected chi connectivity index (χ4v) is 1.62. The molecular formula is C13H19NO2. The fourth-order valence-electron chi connectivity index (χ4n) is 1.62. The largest absolute Gasteiger partial charge is 0.481 e. The molecule has 1 rings (SSSR count). The molecule has 1 N–H and O–H groups in total. The van der Waals surface area contributed by atoms with Gasteiger partial charge >= 0.3 is 5.97 Å². The number of aliphatic carboxylic acids is 1. The smallest absolute Gasteiger partial charge is 0.306 e. The Balaban J connectivity index is 2.56. The number of anilines is 1. The Morgan fingerprint density at radius 3 is 2.62 bits per heavy atom. The highest BCUT2D eigenvalue weighted by atomic mass is 16.4. The first-order chi connectivity index (χ1) is 7.52. The summed E-state index contributed by atoms with van der Waals surface area (Å²) in [5, 5.41) is 8.80. The number of hydrogen-bond donors (Lipinski definition) is 1. The van der Waals surface area contributed by atoms with Gasteiger partial charge in [-0.05, 0) is 25.0 Å². The summed E-state index contributed by atoms with van der Waals surface area (Å²) in [6.45, 7) is 4.57. The summed E-state index contributed by atoms with van der Waals surface area (Å²) in [5.41, 5.74) is 2.38. The maximum absolute atomic E-state index is 10.7. The highest BCUT2D eigenvalue weighted by Gasteiger charge is 2.12. The number of nitrogens with zero attached hydrogens (tertiary/aromatic N) is 1. The van der Waals surface area contributed by atoms with Gasteiger partial charge < -0.3 is 10.0 Å². The molecule has 0 aliphatic rings. The number of carbonyl (C=O) groups is 1. The molecule has 0 radical (unpaired) electrons. The normalized spacial score (nSPS) is 12.2. The molecule has 88 valence electrons. The molecular weight excluding hydrogens is 202 g/mol. The average molecular weight is 221 g/mol. The maximum Gasteiger partial charge on any atom is 0.306 e. The minimum Gasteiger partial charge on any atom is -0.481 e. The van der Waals surface area contributed by atoms with E-state index in [1.165, 1.54) is 11.3 Å². The van der Waals surface area contributed by atoms with Gasteiger partial charge in [0.05, 0.1) is 5.92 Å². The van der Waals surface area contributed by atoms with Crippen LogP contribution in [0.25, 0.3) is 0 Å². The molecule has 0 spiro atoms. The summed E-state index contributed by atoms with van der Waals surface area (Å²) in [5.74, 6) is -1.01.